The Morgan fingerprint density at radius 2 is 2.23 bits per heavy atom. The maximum absolute atomic E-state index is 12.7. The summed E-state index contributed by atoms with van der Waals surface area (Å²) in [6, 6.07) is 9.82. The summed E-state index contributed by atoms with van der Waals surface area (Å²) in [5.41, 5.74) is 2.40. The molecule has 2 aromatic heterocycles. The molecule has 3 aromatic rings. The van der Waals surface area contributed by atoms with Gasteiger partial charge in [-0.05, 0) is 18.1 Å². The number of Topliss-reactive ketones (excluding diaryl/α,β-unsaturated/α-hetero) is 1. The van der Waals surface area contributed by atoms with Crippen LogP contribution in [0.3, 0.4) is 0 Å². The van der Waals surface area contributed by atoms with E-state index in [1.807, 2.05) is 24.3 Å². The number of thioether (sulfide) groups is 1. The minimum absolute atomic E-state index is 0.0103. The van der Waals surface area contributed by atoms with E-state index in [0.717, 1.165) is 17.0 Å². The van der Waals surface area contributed by atoms with Crippen molar-refractivity contribution in [1.29, 1.82) is 5.26 Å². The van der Waals surface area contributed by atoms with Gasteiger partial charge in [0.1, 0.15) is 5.75 Å². The van der Waals surface area contributed by atoms with E-state index in [9.17, 15) is 4.79 Å². The first-order valence-electron chi connectivity index (χ1n) is 8.11. The zero-order valence-electron chi connectivity index (χ0n) is 14.0. The molecular formula is C18H15N5O2S. The van der Waals surface area contributed by atoms with Crippen LogP contribution in [0, 0.1) is 11.3 Å². The van der Waals surface area contributed by atoms with Crippen molar-refractivity contribution >= 4 is 23.3 Å². The van der Waals surface area contributed by atoms with E-state index in [-0.39, 0.29) is 17.5 Å². The lowest BCUT2D eigenvalue weighted by Gasteiger charge is -2.25. The van der Waals surface area contributed by atoms with Crippen LogP contribution < -0.4 is 4.74 Å². The highest BCUT2D eigenvalue weighted by molar-refractivity contribution is 7.99. The summed E-state index contributed by atoms with van der Waals surface area (Å²) in [7, 11) is 1.63. The third-order valence-corrected chi connectivity index (χ3v) is 5.17. The summed E-state index contributed by atoms with van der Waals surface area (Å²) < 4.78 is 7.10. The number of aromatic nitrogens is 4. The predicted octanol–water partition coefficient (Wildman–Crippen LogP) is 2.66. The summed E-state index contributed by atoms with van der Waals surface area (Å²) in [5, 5.41) is 13.7. The molecule has 0 saturated heterocycles. The molecule has 1 aliphatic carbocycles. The van der Waals surface area contributed by atoms with Crippen LogP contribution in [0.2, 0.25) is 0 Å². The Hall–Kier alpha value is -2.92. The van der Waals surface area contributed by atoms with Crippen LogP contribution in [0.25, 0.3) is 5.78 Å². The molecule has 0 spiro atoms. The molecule has 7 nitrogen and oxygen atoms in total. The van der Waals surface area contributed by atoms with E-state index in [2.05, 4.69) is 21.1 Å². The third-order valence-electron chi connectivity index (χ3n) is 4.46. The van der Waals surface area contributed by atoms with Gasteiger partial charge in [0.2, 0.25) is 5.16 Å². The number of rotatable bonds is 4. The van der Waals surface area contributed by atoms with Crippen LogP contribution in [0.4, 0.5) is 0 Å². The van der Waals surface area contributed by atoms with Crippen molar-refractivity contribution in [2.75, 3.05) is 12.9 Å². The van der Waals surface area contributed by atoms with Gasteiger partial charge in [-0.15, -0.1) is 5.10 Å². The molecule has 8 heteroatoms. The van der Waals surface area contributed by atoms with E-state index < -0.39 is 0 Å². The number of nitrogens with zero attached hydrogens (tertiary/aromatic N) is 5. The molecule has 2 heterocycles. The second-order valence-corrected chi connectivity index (χ2v) is 6.88. The fourth-order valence-corrected chi connectivity index (χ4v) is 3.79. The molecule has 0 bridgehead atoms. The van der Waals surface area contributed by atoms with Gasteiger partial charge >= 0.3 is 0 Å². The monoisotopic (exact) mass is 365 g/mol. The van der Waals surface area contributed by atoms with E-state index in [1.54, 1.807) is 17.8 Å². The standard InChI is InChI=1S/C18H15N5O2S/c1-25-16-5-3-2-4-12(16)11-8-14-13(15(24)9-11)10-20-17-21-18(22-23(14)17)26-7-6-19/h2-5,10-11H,7-9H2,1H3. The van der Waals surface area contributed by atoms with Crippen LogP contribution >= 0.6 is 11.8 Å². The van der Waals surface area contributed by atoms with Gasteiger partial charge in [-0.3, -0.25) is 4.79 Å². The van der Waals surface area contributed by atoms with Crippen LogP contribution in [0.1, 0.15) is 34.0 Å². The summed E-state index contributed by atoms with van der Waals surface area (Å²) in [4.78, 5) is 21.3. The first kappa shape index (κ1) is 16.5. The number of para-hydroxylation sites is 1. The van der Waals surface area contributed by atoms with Crippen molar-refractivity contribution in [2.24, 2.45) is 0 Å². The number of carbonyl (C=O) groups is 1. The first-order chi connectivity index (χ1) is 12.7. The maximum atomic E-state index is 12.7. The van der Waals surface area contributed by atoms with E-state index >= 15 is 0 Å². The van der Waals surface area contributed by atoms with Gasteiger partial charge in [-0.1, -0.05) is 30.0 Å². The molecule has 0 N–H and O–H groups in total. The van der Waals surface area contributed by atoms with E-state index in [0.29, 0.717) is 29.3 Å². The molecule has 0 amide bonds. The average molecular weight is 365 g/mol. The lowest BCUT2D eigenvalue weighted by atomic mass is 9.82. The zero-order chi connectivity index (χ0) is 18.1. The SMILES string of the molecule is COc1ccccc1C1CC(=O)c2cnc3nc(SCC#N)nn3c2C1. The molecule has 1 atom stereocenters. The first-order valence-corrected chi connectivity index (χ1v) is 9.10. The molecule has 130 valence electrons. The highest BCUT2D eigenvalue weighted by Crippen LogP contribution is 2.36. The molecule has 0 fully saturated rings. The van der Waals surface area contributed by atoms with Crippen LogP contribution in [0.15, 0.2) is 35.6 Å². The second kappa shape index (κ2) is 6.77. The van der Waals surface area contributed by atoms with Gasteiger partial charge in [0.05, 0.1) is 30.2 Å². The van der Waals surface area contributed by atoms with Crippen molar-refractivity contribution < 1.29 is 9.53 Å². The summed E-state index contributed by atoms with van der Waals surface area (Å²) >= 11 is 1.25. The van der Waals surface area contributed by atoms with Crippen molar-refractivity contribution in [2.45, 2.75) is 23.9 Å². The number of hydrogen-bond acceptors (Lipinski definition) is 7. The van der Waals surface area contributed by atoms with Crippen molar-refractivity contribution in [1.82, 2.24) is 19.6 Å². The second-order valence-electron chi connectivity index (χ2n) is 5.94. The Morgan fingerprint density at radius 3 is 3.04 bits per heavy atom. The molecular weight excluding hydrogens is 350 g/mol. The summed E-state index contributed by atoms with van der Waals surface area (Å²) in [6.07, 6.45) is 2.64. The third kappa shape index (κ3) is 2.80. The van der Waals surface area contributed by atoms with Crippen LogP contribution in [-0.4, -0.2) is 38.2 Å². The molecule has 1 aliphatic rings. The smallest absolute Gasteiger partial charge is 0.253 e. The van der Waals surface area contributed by atoms with Crippen molar-refractivity contribution in [3.05, 3.63) is 47.3 Å². The van der Waals surface area contributed by atoms with Crippen LogP contribution in [-0.2, 0) is 6.42 Å². The van der Waals surface area contributed by atoms with Gasteiger partial charge in [0, 0.05) is 18.5 Å². The Morgan fingerprint density at radius 1 is 1.38 bits per heavy atom. The van der Waals surface area contributed by atoms with E-state index in [4.69, 9.17) is 10.00 Å². The van der Waals surface area contributed by atoms with Gasteiger partial charge in [0.25, 0.3) is 5.78 Å². The number of methoxy groups -OCH3 is 1. The van der Waals surface area contributed by atoms with Gasteiger partial charge < -0.3 is 4.74 Å². The highest BCUT2D eigenvalue weighted by Gasteiger charge is 2.30. The number of hydrogen-bond donors (Lipinski definition) is 0. The van der Waals surface area contributed by atoms with Crippen molar-refractivity contribution in [3.63, 3.8) is 0 Å². The fourth-order valence-electron chi connectivity index (χ4n) is 3.31. The average Bonchev–Trinajstić information content (AvgIpc) is 3.09. The zero-order valence-corrected chi connectivity index (χ0v) is 14.9. The topological polar surface area (TPSA) is 93.2 Å². The number of ether oxygens (including phenoxy) is 1. The number of ketones is 1. The lowest BCUT2D eigenvalue weighted by molar-refractivity contribution is 0.0961. The Kier molecular flexibility index (Phi) is 4.31. The Labute approximate surface area is 154 Å². The molecule has 1 aromatic carbocycles. The molecule has 0 saturated carbocycles. The Balaban J connectivity index is 1.77. The highest BCUT2D eigenvalue weighted by atomic mass is 32.2. The quantitative estimate of drug-likeness (QED) is 0.656. The molecule has 4 rings (SSSR count). The predicted molar refractivity (Wildman–Crippen MR) is 95.5 cm³/mol. The van der Waals surface area contributed by atoms with Crippen LogP contribution in [0.5, 0.6) is 5.75 Å². The number of carbonyl (C=O) groups excluding carboxylic acids is 1. The largest absolute Gasteiger partial charge is 0.496 e. The minimum Gasteiger partial charge on any atom is -0.496 e. The van der Waals surface area contributed by atoms with Gasteiger partial charge in [-0.25, -0.2) is 4.98 Å². The minimum atomic E-state index is 0.0103. The molecule has 0 aliphatic heterocycles. The summed E-state index contributed by atoms with van der Waals surface area (Å²) in [5.74, 6) is 1.54. The maximum Gasteiger partial charge on any atom is 0.253 e. The van der Waals surface area contributed by atoms with Gasteiger partial charge in [0.15, 0.2) is 5.78 Å². The lowest BCUT2D eigenvalue weighted by Crippen LogP contribution is -2.22. The Bertz CT molecular complexity index is 1040. The van der Waals surface area contributed by atoms with Crippen molar-refractivity contribution in [3.8, 4) is 11.8 Å². The number of fused-ring (bicyclic) bond motifs is 3. The normalized spacial score (nSPS) is 16.3. The number of nitriles is 1. The van der Waals surface area contributed by atoms with Gasteiger partial charge in [-0.2, -0.15) is 14.8 Å². The molecule has 26 heavy (non-hydrogen) atoms. The molecule has 0 radical (unpaired) electrons. The number of benzene rings is 1. The van der Waals surface area contributed by atoms with E-state index in [1.165, 1.54) is 11.8 Å². The summed E-state index contributed by atoms with van der Waals surface area (Å²) in [6.45, 7) is 0. The molecule has 1 unspecified atom stereocenters. The fraction of sp³-hybridized carbons (Fsp3) is 0.278.